The van der Waals surface area contributed by atoms with Gasteiger partial charge in [-0.25, -0.2) is 0 Å². The van der Waals surface area contributed by atoms with Crippen LogP contribution in [0, 0.1) is 6.92 Å². The molecular weight excluding hydrogens is 222 g/mol. The second-order valence-corrected chi connectivity index (χ2v) is 5.20. The van der Waals surface area contributed by atoms with Crippen LogP contribution in [0.1, 0.15) is 47.9 Å². The Labute approximate surface area is 108 Å². The van der Waals surface area contributed by atoms with E-state index in [2.05, 4.69) is 37.4 Å². The summed E-state index contributed by atoms with van der Waals surface area (Å²) in [4.78, 5) is 0. The summed E-state index contributed by atoms with van der Waals surface area (Å²) in [7, 11) is 0. The molecule has 0 aliphatic heterocycles. The molecule has 1 aliphatic carbocycles. The van der Waals surface area contributed by atoms with Gasteiger partial charge in [-0.2, -0.15) is 0 Å². The molecule has 1 aromatic carbocycles. The molecule has 94 valence electrons. The van der Waals surface area contributed by atoms with Gasteiger partial charge in [0, 0.05) is 6.04 Å². The van der Waals surface area contributed by atoms with E-state index in [1.165, 1.54) is 29.5 Å². The van der Waals surface area contributed by atoms with Crippen molar-refractivity contribution in [3.05, 3.63) is 59.0 Å². The predicted octanol–water partition coefficient (Wildman–Crippen LogP) is 3.93. The van der Waals surface area contributed by atoms with E-state index in [0.717, 1.165) is 5.76 Å². The molecule has 18 heavy (non-hydrogen) atoms. The van der Waals surface area contributed by atoms with E-state index < -0.39 is 0 Å². The van der Waals surface area contributed by atoms with E-state index >= 15 is 0 Å². The number of aryl methyl sites for hydroxylation is 2. The number of hydrogen-bond acceptors (Lipinski definition) is 2. The maximum absolute atomic E-state index is 5.45. The van der Waals surface area contributed by atoms with Crippen LogP contribution in [0.15, 0.2) is 41.0 Å². The Morgan fingerprint density at radius 3 is 3.00 bits per heavy atom. The van der Waals surface area contributed by atoms with Crippen molar-refractivity contribution in [3.63, 3.8) is 0 Å². The van der Waals surface area contributed by atoms with E-state index in [9.17, 15) is 0 Å². The third-order valence-electron chi connectivity index (χ3n) is 3.80. The normalized spacial score (nSPS) is 19.8. The van der Waals surface area contributed by atoms with Crippen molar-refractivity contribution in [2.75, 3.05) is 0 Å². The average molecular weight is 241 g/mol. The quantitative estimate of drug-likeness (QED) is 0.881. The molecule has 1 heterocycles. The molecule has 1 aliphatic rings. The Bertz CT molecular complexity index is 530. The van der Waals surface area contributed by atoms with E-state index in [0.29, 0.717) is 6.04 Å². The van der Waals surface area contributed by atoms with Gasteiger partial charge in [0.15, 0.2) is 0 Å². The van der Waals surface area contributed by atoms with Crippen LogP contribution >= 0.6 is 0 Å². The SMILES string of the molecule is Cc1ccc2c(c1)C(N[C@@H](C)c1ccco1)CC2. The molecule has 2 heteroatoms. The topological polar surface area (TPSA) is 25.2 Å². The number of nitrogens with one attached hydrogen (secondary N) is 1. The van der Waals surface area contributed by atoms with Crippen LogP contribution < -0.4 is 5.32 Å². The summed E-state index contributed by atoms with van der Waals surface area (Å²) in [6, 6.07) is 11.5. The van der Waals surface area contributed by atoms with Crippen LogP contribution in [0.3, 0.4) is 0 Å². The van der Waals surface area contributed by atoms with Crippen molar-refractivity contribution in [2.24, 2.45) is 0 Å². The van der Waals surface area contributed by atoms with Gasteiger partial charge in [-0.05, 0) is 49.9 Å². The number of benzene rings is 1. The fraction of sp³-hybridized carbons (Fsp3) is 0.375. The van der Waals surface area contributed by atoms with Gasteiger partial charge in [-0.3, -0.25) is 0 Å². The Balaban J connectivity index is 1.78. The molecule has 0 spiro atoms. The Morgan fingerprint density at radius 2 is 2.22 bits per heavy atom. The average Bonchev–Trinajstić information content (AvgIpc) is 2.99. The van der Waals surface area contributed by atoms with Crippen molar-refractivity contribution < 1.29 is 4.42 Å². The first kappa shape index (κ1) is 11.5. The van der Waals surface area contributed by atoms with Crippen molar-refractivity contribution in [3.8, 4) is 0 Å². The minimum absolute atomic E-state index is 0.261. The molecule has 1 unspecified atom stereocenters. The first-order valence-electron chi connectivity index (χ1n) is 6.63. The van der Waals surface area contributed by atoms with Crippen molar-refractivity contribution in [1.29, 1.82) is 0 Å². The van der Waals surface area contributed by atoms with Crippen LogP contribution in [-0.2, 0) is 6.42 Å². The lowest BCUT2D eigenvalue weighted by molar-refractivity contribution is 0.391. The fourth-order valence-electron chi connectivity index (χ4n) is 2.82. The summed E-state index contributed by atoms with van der Waals surface area (Å²) < 4.78 is 5.45. The van der Waals surface area contributed by atoms with Gasteiger partial charge in [0.25, 0.3) is 0 Å². The highest BCUT2D eigenvalue weighted by atomic mass is 16.3. The number of furan rings is 1. The third-order valence-corrected chi connectivity index (χ3v) is 3.80. The maximum Gasteiger partial charge on any atom is 0.120 e. The molecule has 2 aromatic rings. The molecule has 3 rings (SSSR count). The lowest BCUT2D eigenvalue weighted by Gasteiger charge is -2.19. The molecule has 1 aromatic heterocycles. The molecule has 0 amide bonds. The van der Waals surface area contributed by atoms with E-state index in [1.54, 1.807) is 6.26 Å². The number of fused-ring (bicyclic) bond motifs is 1. The highest BCUT2D eigenvalue weighted by Crippen LogP contribution is 2.33. The van der Waals surface area contributed by atoms with E-state index in [4.69, 9.17) is 4.42 Å². The lowest BCUT2D eigenvalue weighted by Crippen LogP contribution is -2.22. The number of rotatable bonds is 3. The van der Waals surface area contributed by atoms with Gasteiger partial charge < -0.3 is 9.73 Å². The Hall–Kier alpha value is -1.54. The van der Waals surface area contributed by atoms with Gasteiger partial charge >= 0.3 is 0 Å². The van der Waals surface area contributed by atoms with Crippen LogP contribution in [-0.4, -0.2) is 0 Å². The highest BCUT2D eigenvalue weighted by Gasteiger charge is 2.24. The Morgan fingerprint density at radius 1 is 1.33 bits per heavy atom. The first-order chi connectivity index (χ1) is 8.74. The molecule has 0 radical (unpaired) electrons. The molecule has 1 N–H and O–H groups in total. The summed E-state index contributed by atoms with van der Waals surface area (Å²) in [5.74, 6) is 1.01. The van der Waals surface area contributed by atoms with Crippen LogP contribution in [0.25, 0.3) is 0 Å². The summed E-state index contributed by atoms with van der Waals surface area (Å²) in [5.41, 5.74) is 4.30. The minimum atomic E-state index is 0.261. The van der Waals surface area contributed by atoms with E-state index in [1.807, 2.05) is 12.1 Å². The number of hydrogen-bond donors (Lipinski definition) is 1. The van der Waals surface area contributed by atoms with Crippen molar-refractivity contribution in [2.45, 2.75) is 38.8 Å². The second kappa shape index (κ2) is 4.62. The fourth-order valence-corrected chi connectivity index (χ4v) is 2.82. The molecule has 0 bridgehead atoms. The lowest BCUT2D eigenvalue weighted by atomic mass is 10.0. The second-order valence-electron chi connectivity index (χ2n) is 5.20. The van der Waals surface area contributed by atoms with Crippen LogP contribution in [0.5, 0.6) is 0 Å². The van der Waals surface area contributed by atoms with Gasteiger partial charge in [0.1, 0.15) is 5.76 Å². The molecule has 0 saturated carbocycles. The molecule has 2 atom stereocenters. The van der Waals surface area contributed by atoms with Crippen LogP contribution in [0.2, 0.25) is 0 Å². The zero-order valence-corrected chi connectivity index (χ0v) is 10.9. The predicted molar refractivity (Wildman–Crippen MR) is 72.5 cm³/mol. The molecule has 0 fully saturated rings. The maximum atomic E-state index is 5.45. The van der Waals surface area contributed by atoms with Gasteiger partial charge in [-0.1, -0.05) is 23.8 Å². The zero-order valence-electron chi connectivity index (χ0n) is 10.9. The third kappa shape index (κ3) is 2.08. The monoisotopic (exact) mass is 241 g/mol. The summed E-state index contributed by atoms with van der Waals surface area (Å²) in [6.45, 7) is 4.32. The highest BCUT2D eigenvalue weighted by molar-refractivity contribution is 5.37. The summed E-state index contributed by atoms with van der Waals surface area (Å²) in [6.07, 6.45) is 4.10. The van der Waals surface area contributed by atoms with Crippen LogP contribution in [0.4, 0.5) is 0 Å². The van der Waals surface area contributed by atoms with Gasteiger partial charge in [0.05, 0.1) is 12.3 Å². The smallest absolute Gasteiger partial charge is 0.120 e. The summed E-state index contributed by atoms with van der Waals surface area (Å²) in [5, 5.41) is 3.67. The van der Waals surface area contributed by atoms with Crippen molar-refractivity contribution >= 4 is 0 Å². The largest absolute Gasteiger partial charge is 0.468 e. The molecule has 0 saturated heterocycles. The molecular formula is C16H19NO. The first-order valence-corrected chi connectivity index (χ1v) is 6.63. The van der Waals surface area contributed by atoms with Gasteiger partial charge in [-0.15, -0.1) is 0 Å². The standard InChI is InChI=1S/C16H19NO/c1-11-5-6-13-7-8-15(14(13)10-11)17-12(2)16-4-3-9-18-16/h3-6,9-10,12,15,17H,7-8H2,1-2H3/t12-,15?/m0/s1. The Kier molecular flexibility index (Phi) is 2.96. The van der Waals surface area contributed by atoms with Crippen molar-refractivity contribution in [1.82, 2.24) is 5.32 Å². The summed E-state index contributed by atoms with van der Waals surface area (Å²) >= 11 is 0. The zero-order chi connectivity index (χ0) is 12.5. The minimum Gasteiger partial charge on any atom is -0.468 e. The van der Waals surface area contributed by atoms with E-state index in [-0.39, 0.29) is 6.04 Å². The van der Waals surface area contributed by atoms with Gasteiger partial charge in [0.2, 0.25) is 0 Å². The molecule has 2 nitrogen and oxygen atoms in total.